The van der Waals surface area contributed by atoms with Gasteiger partial charge in [-0.2, -0.15) is 8.42 Å². The first-order valence-corrected chi connectivity index (χ1v) is 34.1. The van der Waals surface area contributed by atoms with Gasteiger partial charge in [-0.15, -0.1) is 0 Å². The molecule has 11 aliphatic rings. The van der Waals surface area contributed by atoms with Gasteiger partial charge in [0.15, 0.2) is 37.7 Å². The molecule has 6 aliphatic heterocycles. The highest BCUT2D eigenvalue weighted by Crippen LogP contribution is 2.69. The van der Waals surface area contributed by atoms with Crippen LogP contribution in [0, 0.1) is 52.3 Å². The van der Waals surface area contributed by atoms with Gasteiger partial charge in [0.05, 0.1) is 55.4 Å². The molecule has 5 aliphatic carbocycles. The topological polar surface area (TPSA) is 458 Å². The zero-order chi connectivity index (χ0) is 66.9. The van der Waals surface area contributed by atoms with Gasteiger partial charge in [-0.25, -0.2) is 4.18 Å². The molecule has 92 heavy (non-hydrogen) atoms. The maximum absolute atomic E-state index is 12.5. The molecule has 0 bridgehead atoms. The number of ether oxygens (including phenoxy) is 12. The van der Waals surface area contributed by atoms with Crippen LogP contribution in [0.4, 0.5) is 0 Å². The molecule has 4 saturated carbocycles. The maximum atomic E-state index is 12.5. The minimum absolute atomic E-state index is 0.00230. The van der Waals surface area contributed by atoms with Crippen molar-refractivity contribution in [1.29, 1.82) is 0 Å². The van der Waals surface area contributed by atoms with E-state index in [0.29, 0.717) is 31.1 Å². The standard InChI is InChI=1S/C61H100O30S/c1-21(2)27-17-31(27)61(9,75)36-11-10-29-28-18-34(32-16-26(91-92(76,77)78)12-14-59(32,7)30(28)13-15-60(29,36)8)85-55-47(73)50(40(66)24(5)82-55)88-57-51(89-54-46(72)43(69)37(63)22(3)81-54)42(68)35(20-80-57)86-58-52(44(70)38(64)23(4)84-58)90-56-48(74)49(39(65)25(6)83-56)87-53-45(71)41(67)33(62)19-79-53/h13,21-29,31-58,62-75H,10-12,14-20H2,1-9H3,(H,76,77,78). The summed E-state index contributed by atoms with van der Waals surface area (Å²) in [5.41, 5.74) is -0.581. The Labute approximate surface area is 534 Å². The molecule has 6 heterocycles. The minimum atomic E-state index is -4.87. The number of fused-ring (bicyclic) bond motifs is 5. The second-order valence-electron chi connectivity index (χ2n) is 29.3. The van der Waals surface area contributed by atoms with Crippen LogP contribution in [0.1, 0.15) is 114 Å². The van der Waals surface area contributed by atoms with Crippen LogP contribution in [0.2, 0.25) is 0 Å². The summed E-state index contributed by atoms with van der Waals surface area (Å²) in [7, 11) is -4.87. The second kappa shape index (κ2) is 27.3. The van der Waals surface area contributed by atoms with Crippen LogP contribution in [0.5, 0.6) is 0 Å². The number of rotatable bonds is 17. The molecule has 39 atom stereocenters. The van der Waals surface area contributed by atoms with E-state index in [-0.39, 0.29) is 35.5 Å². The van der Waals surface area contributed by atoms with Crippen molar-refractivity contribution < 1.29 is 145 Å². The smallest absolute Gasteiger partial charge is 0.390 e. The summed E-state index contributed by atoms with van der Waals surface area (Å²) in [6.45, 7) is 15.3. The number of allylic oxidation sites excluding steroid dienone is 2. The predicted octanol–water partition coefficient (Wildman–Crippen LogP) is -2.90. The van der Waals surface area contributed by atoms with Gasteiger partial charge in [-0.05, 0) is 138 Å². The molecule has 530 valence electrons. The van der Waals surface area contributed by atoms with Crippen molar-refractivity contribution >= 4 is 10.4 Å². The van der Waals surface area contributed by atoms with Crippen LogP contribution in [0.25, 0.3) is 0 Å². The highest BCUT2D eigenvalue weighted by Gasteiger charge is 2.66. The normalized spacial score (nSPS) is 54.8. The maximum Gasteiger partial charge on any atom is 0.397 e. The van der Waals surface area contributed by atoms with Crippen molar-refractivity contribution in [3.8, 4) is 0 Å². The molecule has 0 aromatic carbocycles. The lowest BCUT2D eigenvalue weighted by molar-refractivity contribution is -0.400. The second-order valence-corrected chi connectivity index (χ2v) is 30.4. The van der Waals surface area contributed by atoms with Gasteiger partial charge in [-0.3, -0.25) is 4.55 Å². The summed E-state index contributed by atoms with van der Waals surface area (Å²) in [6, 6.07) is 0. The molecule has 15 N–H and O–H groups in total. The third kappa shape index (κ3) is 13.5. The lowest BCUT2D eigenvalue weighted by atomic mass is 9.47. The highest BCUT2D eigenvalue weighted by molar-refractivity contribution is 7.80. The molecular weight excluding hydrogens is 1240 g/mol. The Morgan fingerprint density at radius 1 is 0.533 bits per heavy atom. The van der Waals surface area contributed by atoms with Crippen molar-refractivity contribution in [1.82, 2.24) is 0 Å². The molecule has 30 nitrogen and oxygen atoms in total. The first-order valence-electron chi connectivity index (χ1n) is 32.8. The van der Waals surface area contributed by atoms with Gasteiger partial charge in [0.2, 0.25) is 0 Å². The van der Waals surface area contributed by atoms with Crippen LogP contribution in [0.3, 0.4) is 0 Å². The molecule has 39 unspecified atom stereocenters. The Morgan fingerprint density at radius 2 is 1.04 bits per heavy atom. The lowest BCUT2D eigenvalue weighted by Gasteiger charge is -2.60. The summed E-state index contributed by atoms with van der Waals surface area (Å²) in [5.74, 6) is 0.628. The minimum Gasteiger partial charge on any atom is -0.390 e. The molecule has 0 amide bonds. The highest BCUT2D eigenvalue weighted by atomic mass is 32.3. The van der Waals surface area contributed by atoms with Crippen molar-refractivity contribution in [2.45, 2.75) is 304 Å². The summed E-state index contributed by atoms with van der Waals surface area (Å²) in [6.07, 6.45) is -41.7. The zero-order valence-electron chi connectivity index (χ0n) is 53.3. The average molecular weight is 1350 g/mol. The van der Waals surface area contributed by atoms with E-state index in [2.05, 4.69) is 33.8 Å². The predicted molar refractivity (Wildman–Crippen MR) is 308 cm³/mol. The Hall–Kier alpha value is -1.43. The number of hydrogen-bond acceptors (Lipinski definition) is 29. The van der Waals surface area contributed by atoms with Crippen LogP contribution < -0.4 is 0 Å². The van der Waals surface area contributed by atoms with E-state index in [1.165, 1.54) is 33.3 Å². The molecule has 0 aromatic heterocycles. The molecule has 0 spiro atoms. The Kier molecular flexibility index (Phi) is 21.3. The zero-order valence-corrected chi connectivity index (χ0v) is 54.1. The fourth-order valence-corrected chi connectivity index (χ4v) is 18.2. The van der Waals surface area contributed by atoms with E-state index in [1.807, 2.05) is 6.92 Å². The average Bonchev–Trinajstić information content (AvgIpc) is 1.34. The van der Waals surface area contributed by atoms with E-state index in [1.54, 1.807) is 0 Å². The van der Waals surface area contributed by atoms with E-state index >= 15 is 0 Å². The van der Waals surface area contributed by atoms with E-state index in [9.17, 15) is 84.5 Å². The van der Waals surface area contributed by atoms with Crippen LogP contribution >= 0.6 is 0 Å². The fourth-order valence-electron chi connectivity index (χ4n) is 17.7. The fraction of sp³-hybridized carbons (Fsp3) is 0.967. The van der Waals surface area contributed by atoms with Crippen molar-refractivity contribution in [3.63, 3.8) is 0 Å². The summed E-state index contributed by atoms with van der Waals surface area (Å²) >= 11 is 0. The van der Waals surface area contributed by atoms with E-state index in [4.69, 9.17) is 61.0 Å². The van der Waals surface area contributed by atoms with Gasteiger partial charge in [-0.1, -0.05) is 39.3 Å². The van der Waals surface area contributed by atoms with Gasteiger partial charge in [0.25, 0.3) is 0 Å². The third-order valence-corrected chi connectivity index (χ3v) is 23.7. The van der Waals surface area contributed by atoms with Crippen molar-refractivity contribution in [2.75, 3.05) is 13.2 Å². The molecule has 10 fully saturated rings. The quantitative estimate of drug-likeness (QED) is 0.0513. The Bertz CT molecular complexity index is 2660. The molecule has 11 rings (SSSR count). The Balaban J connectivity index is 0.840. The monoisotopic (exact) mass is 1340 g/mol. The van der Waals surface area contributed by atoms with E-state index in [0.717, 1.165) is 25.7 Å². The molecular formula is C61H100O30S. The van der Waals surface area contributed by atoms with Gasteiger partial charge < -0.3 is 128 Å². The number of hydrogen-bond donors (Lipinski definition) is 15. The van der Waals surface area contributed by atoms with Gasteiger partial charge in [0, 0.05) is 0 Å². The first-order chi connectivity index (χ1) is 43.1. The van der Waals surface area contributed by atoms with Gasteiger partial charge >= 0.3 is 10.4 Å². The van der Waals surface area contributed by atoms with Crippen molar-refractivity contribution in [2.24, 2.45) is 52.3 Å². The summed E-state index contributed by atoms with van der Waals surface area (Å²) in [5, 5.41) is 159. The number of aliphatic hydroxyl groups is 14. The molecule has 0 aromatic rings. The summed E-state index contributed by atoms with van der Waals surface area (Å²) in [4.78, 5) is 0. The van der Waals surface area contributed by atoms with Gasteiger partial charge in [0.1, 0.15) is 110 Å². The third-order valence-electron chi connectivity index (χ3n) is 23.2. The SMILES string of the molecule is CC(C)C1CC1C(C)(O)C1CCC2C3CC(OC4OC(C)C(O)C(OC5OCC(OC6OC(C)C(O)C(O)C6OC6OC(C)C(O)C(OC7OCC(O)C(O)C7O)C6O)C(O)C5OC5OC(C)C(O)C(O)C5O)C4O)C4CC(OS(=O)(=O)O)CCC4(C)C3=CCC21C. The first kappa shape index (κ1) is 71.8. The van der Waals surface area contributed by atoms with Crippen LogP contribution in [-0.4, -0.2) is 288 Å². The lowest BCUT2D eigenvalue weighted by Crippen LogP contribution is -2.67. The van der Waals surface area contributed by atoms with E-state index < -0.39 is 225 Å². The Morgan fingerprint density at radius 3 is 1.64 bits per heavy atom. The summed E-state index contributed by atoms with van der Waals surface area (Å²) < 4.78 is 113. The van der Waals surface area contributed by atoms with Crippen molar-refractivity contribution in [3.05, 3.63) is 11.6 Å². The van der Waals surface area contributed by atoms with Crippen LogP contribution in [-0.2, 0) is 71.4 Å². The largest absolute Gasteiger partial charge is 0.397 e. The molecule has 31 heteroatoms. The molecule has 6 saturated heterocycles. The number of aliphatic hydroxyl groups excluding tert-OH is 13. The van der Waals surface area contributed by atoms with Crippen LogP contribution in [0.15, 0.2) is 11.6 Å². The molecule has 0 radical (unpaired) electrons.